The van der Waals surface area contributed by atoms with Crippen molar-refractivity contribution in [3.8, 4) is 0 Å². The van der Waals surface area contributed by atoms with Gasteiger partial charge in [0.05, 0.1) is 32.6 Å². The Morgan fingerprint density at radius 3 is 1.55 bits per heavy atom. The Balaban J connectivity index is 5.12. The van der Waals surface area contributed by atoms with Crippen molar-refractivity contribution in [1.29, 1.82) is 0 Å². The molecule has 0 aromatic rings. The van der Waals surface area contributed by atoms with E-state index in [4.69, 9.17) is 18.1 Å². The summed E-state index contributed by atoms with van der Waals surface area (Å²) < 4.78 is 46.2. The van der Waals surface area contributed by atoms with Crippen LogP contribution in [-0.4, -0.2) is 45.4 Å². The Kier molecular flexibility index (Phi) is 10.2. The second kappa shape index (κ2) is 10.1. The van der Waals surface area contributed by atoms with Gasteiger partial charge in [0.25, 0.3) is 0 Å². The van der Waals surface area contributed by atoms with Crippen molar-refractivity contribution < 1.29 is 27.2 Å². The fraction of sp³-hybridized carbons (Fsp3) is 1.00. The van der Waals surface area contributed by atoms with Crippen molar-refractivity contribution in [3.05, 3.63) is 0 Å². The van der Waals surface area contributed by atoms with Crippen LogP contribution >= 0.6 is 15.2 Å². The molecule has 0 spiro atoms. The maximum atomic E-state index is 12.7. The van der Waals surface area contributed by atoms with Gasteiger partial charge in [0.2, 0.25) is 0 Å². The van der Waals surface area contributed by atoms with E-state index in [0.717, 1.165) is 0 Å². The number of rotatable bonds is 12. The Morgan fingerprint density at radius 2 is 1.25 bits per heavy atom. The molecule has 0 fully saturated rings. The molecule has 1 atom stereocenters. The SMILES string of the molecule is CCOP(=O)(CC(NC)P(=O)(OCC)OCC)OCC. The van der Waals surface area contributed by atoms with Crippen LogP contribution in [0.5, 0.6) is 0 Å². The minimum Gasteiger partial charge on any atom is -0.309 e. The first-order valence-corrected chi connectivity index (χ1v) is 10.2. The van der Waals surface area contributed by atoms with Crippen LogP contribution in [0.25, 0.3) is 0 Å². The van der Waals surface area contributed by atoms with Crippen LogP contribution in [0.4, 0.5) is 0 Å². The Labute approximate surface area is 121 Å². The Hall–Kier alpha value is 0.260. The molecular formula is C11H27NO6P2. The van der Waals surface area contributed by atoms with Crippen molar-refractivity contribution in [3.63, 3.8) is 0 Å². The maximum Gasteiger partial charge on any atom is 0.348 e. The second-order valence-electron chi connectivity index (χ2n) is 3.81. The Morgan fingerprint density at radius 1 is 0.850 bits per heavy atom. The molecule has 0 heterocycles. The van der Waals surface area contributed by atoms with E-state index in [0.29, 0.717) is 0 Å². The third kappa shape index (κ3) is 6.35. The molecule has 0 aliphatic carbocycles. The van der Waals surface area contributed by atoms with Gasteiger partial charge in [-0.3, -0.25) is 9.13 Å². The summed E-state index contributed by atoms with van der Waals surface area (Å²) in [4.78, 5) is 0. The molecular weight excluding hydrogens is 304 g/mol. The average molecular weight is 331 g/mol. The van der Waals surface area contributed by atoms with E-state index in [2.05, 4.69) is 5.32 Å². The minimum atomic E-state index is -3.42. The topological polar surface area (TPSA) is 83.1 Å². The summed E-state index contributed by atoms with van der Waals surface area (Å²) >= 11 is 0. The van der Waals surface area contributed by atoms with Crippen LogP contribution in [0.1, 0.15) is 27.7 Å². The lowest BCUT2D eigenvalue weighted by molar-refractivity contribution is 0.200. The van der Waals surface area contributed by atoms with E-state index in [1.807, 2.05) is 0 Å². The fourth-order valence-electron chi connectivity index (χ4n) is 1.67. The van der Waals surface area contributed by atoms with Crippen LogP contribution in [0.15, 0.2) is 0 Å². The maximum absolute atomic E-state index is 12.7. The molecule has 1 unspecified atom stereocenters. The largest absolute Gasteiger partial charge is 0.348 e. The molecule has 9 heteroatoms. The summed E-state index contributed by atoms with van der Waals surface area (Å²) in [6, 6.07) is 0. The summed E-state index contributed by atoms with van der Waals surface area (Å²) in [5.41, 5.74) is 0. The standard InChI is InChI=1S/C11H27NO6P2/c1-6-15-19(13,16-7-2)10-11(12-5)20(14,17-8-3)18-9-4/h11-12H,6-10H2,1-5H3. The Bertz CT molecular complexity index is 332. The molecule has 0 aromatic carbocycles. The van der Waals surface area contributed by atoms with E-state index in [1.165, 1.54) is 0 Å². The molecule has 0 saturated carbocycles. The first-order valence-electron chi connectivity index (χ1n) is 6.85. The van der Waals surface area contributed by atoms with Crippen LogP contribution in [0.2, 0.25) is 0 Å². The van der Waals surface area contributed by atoms with Crippen molar-refractivity contribution in [1.82, 2.24) is 5.32 Å². The zero-order valence-corrected chi connectivity index (χ0v) is 14.7. The molecule has 0 rings (SSSR count). The third-order valence-electron chi connectivity index (χ3n) is 2.38. The van der Waals surface area contributed by atoms with Crippen LogP contribution in [0, 0.1) is 0 Å². The van der Waals surface area contributed by atoms with Gasteiger partial charge in [-0.15, -0.1) is 0 Å². The van der Waals surface area contributed by atoms with Crippen LogP contribution in [-0.2, 0) is 27.2 Å². The van der Waals surface area contributed by atoms with Gasteiger partial charge in [-0.1, -0.05) is 0 Å². The van der Waals surface area contributed by atoms with Gasteiger partial charge in [-0.25, -0.2) is 0 Å². The van der Waals surface area contributed by atoms with E-state index in [1.54, 1.807) is 34.7 Å². The molecule has 0 aliphatic rings. The van der Waals surface area contributed by atoms with Crippen molar-refractivity contribution in [2.75, 3.05) is 39.6 Å². The van der Waals surface area contributed by atoms with E-state index < -0.39 is 21.0 Å². The summed E-state index contributed by atoms with van der Waals surface area (Å²) in [5, 5.41) is 2.84. The molecule has 20 heavy (non-hydrogen) atoms. The molecule has 0 amide bonds. The predicted octanol–water partition coefficient (Wildman–Crippen LogP) is 3.06. The highest BCUT2D eigenvalue weighted by molar-refractivity contribution is 7.58. The van der Waals surface area contributed by atoms with E-state index in [-0.39, 0.29) is 32.6 Å². The summed E-state index contributed by atoms with van der Waals surface area (Å²) in [7, 11) is -5.14. The van der Waals surface area contributed by atoms with Gasteiger partial charge in [0.1, 0.15) is 5.78 Å². The third-order valence-corrected chi connectivity index (χ3v) is 7.23. The van der Waals surface area contributed by atoms with Gasteiger partial charge in [0.15, 0.2) is 0 Å². The van der Waals surface area contributed by atoms with E-state index in [9.17, 15) is 9.13 Å². The highest BCUT2D eigenvalue weighted by atomic mass is 31.2. The van der Waals surface area contributed by atoms with Gasteiger partial charge < -0.3 is 23.4 Å². The molecule has 0 radical (unpaired) electrons. The zero-order valence-electron chi connectivity index (χ0n) is 13.0. The molecule has 0 aromatic heterocycles. The lowest BCUT2D eigenvalue weighted by Gasteiger charge is -2.28. The first kappa shape index (κ1) is 20.3. The van der Waals surface area contributed by atoms with Gasteiger partial charge >= 0.3 is 15.2 Å². The monoisotopic (exact) mass is 331 g/mol. The van der Waals surface area contributed by atoms with Gasteiger partial charge in [-0.05, 0) is 34.7 Å². The lowest BCUT2D eigenvalue weighted by atomic mass is 10.7. The van der Waals surface area contributed by atoms with Crippen LogP contribution in [0.3, 0.4) is 0 Å². The predicted molar refractivity (Wildman–Crippen MR) is 79.4 cm³/mol. The molecule has 1 N–H and O–H groups in total. The minimum absolute atomic E-state index is 0.0670. The van der Waals surface area contributed by atoms with Gasteiger partial charge in [-0.2, -0.15) is 0 Å². The smallest absolute Gasteiger partial charge is 0.309 e. The molecule has 0 bridgehead atoms. The van der Waals surface area contributed by atoms with E-state index >= 15 is 0 Å². The van der Waals surface area contributed by atoms with Crippen molar-refractivity contribution in [2.24, 2.45) is 0 Å². The molecule has 0 saturated heterocycles. The highest BCUT2D eigenvalue weighted by Crippen LogP contribution is 2.58. The second-order valence-corrected chi connectivity index (χ2v) is 8.13. The molecule has 0 aliphatic heterocycles. The number of nitrogens with one attached hydrogen (secondary N) is 1. The van der Waals surface area contributed by atoms with Crippen molar-refractivity contribution >= 4 is 15.2 Å². The fourth-order valence-corrected chi connectivity index (χ4v) is 6.22. The molecule has 122 valence electrons. The number of hydrogen-bond donors (Lipinski definition) is 1. The zero-order chi connectivity index (χ0) is 15.6. The summed E-state index contributed by atoms with van der Waals surface area (Å²) in [5.74, 6) is -0.744. The first-order chi connectivity index (χ1) is 9.41. The average Bonchev–Trinajstić information content (AvgIpc) is 2.37. The highest BCUT2D eigenvalue weighted by Gasteiger charge is 2.41. The number of hydrogen-bond acceptors (Lipinski definition) is 7. The van der Waals surface area contributed by atoms with Crippen molar-refractivity contribution in [2.45, 2.75) is 33.5 Å². The summed E-state index contributed by atoms with van der Waals surface area (Å²) in [6.07, 6.45) is -0.0670. The quantitative estimate of drug-likeness (QED) is 0.550. The normalized spacial score (nSPS) is 14.4. The van der Waals surface area contributed by atoms with Crippen LogP contribution < -0.4 is 5.32 Å². The lowest BCUT2D eigenvalue weighted by Crippen LogP contribution is -2.31. The summed E-state index contributed by atoms with van der Waals surface area (Å²) in [6.45, 7) is 7.89. The van der Waals surface area contributed by atoms with Gasteiger partial charge in [0, 0.05) is 0 Å². The molecule has 7 nitrogen and oxygen atoms in total.